The number of hydrogen-bond acceptors (Lipinski definition) is 2. The second kappa shape index (κ2) is 5.92. The SMILES string of the molecule is CC(C)CC1CN(C2CCC(C)(C)CC2)CCN1. The molecule has 1 saturated heterocycles. The second-order valence-corrected chi connectivity index (χ2v) is 7.67. The zero-order valence-corrected chi connectivity index (χ0v) is 12.8. The Morgan fingerprint density at radius 1 is 1.22 bits per heavy atom. The first kappa shape index (κ1) is 14.3. The van der Waals surface area contributed by atoms with Crippen LogP contribution in [0.25, 0.3) is 0 Å². The van der Waals surface area contributed by atoms with Gasteiger partial charge in [0.05, 0.1) is 0 Å². The molecule has 1 saturated carbocycles. The van der Waals surface area contributed by atoms with Gasteiger partial charge in [-0.05, 0) is 43.4 Å². The summed E-state index contributed by atoms with van der Waals surface area (Å²) in [6, 6.07) is 1.60. The topological polar surface area (TPSA) is 15.3 Å². The summed E-state index contributed by atoms with van der Waals surface area (Å²) in [7, 11) is 0. The Hall–Kier alpha value is -0.0800. The van der Waals surface area contributed by atoms with Gasteiger partial charge in [0.15, 0.2) is 0 Å². The summed E-state index contributed by atoms with van der Waals surface area (Å²) in [5, 5.41) is 3.69. The van der Waals surface area contributed by atoms with Crippen LogP contribution >= 0.6 is 0 Å². The third-order valence-corrected chi connectivity index (χ3v) is 4.87. The third-order valence-electron chi connectivity index (χ3n) is 4.87. The van der Waals surface area contributed by atoms with E-state index in [9.17, 15) is 0 Å². The van der Waals surface area contributed by atoms with E-state index in [2.05, 4.69) is 37.9 Å². The molecule has 0 aromatic carbocycles. The van der Waals surface area contributed by atoms with Gasteiger partial charge in [0.2, 0.25) is 0 Å². The van der Waals surface area contributed by atoms with Crippen molar-refractivity contribution in [1.29, 1.82) is 0 Å². The summed E-state index contributed by atoms with van der Waals surface area (Å²) in [4.78, 5) is 2.78. The van der Waals surface area contributed by atoms with Crippen molar-refractivity contribution in [2.75, 3.05) is 19.6 Å². The highest BCUT2D eigenvalue weighted by Crippen LogP contribution is 2.37. The molecule has 1 heterocycles. The van der Waals surface area contributed by atoms with E-state index in [-0.39, 0.29) is 0 Å². The summed E-state index contributed by atoms with van der Waals surface area (Å²) in [6.07, 6.45) is 6.99. The van der Waals surface area contributed by atoms with Crippen LogP contribution in [0.4, 0.5) is 0 Å². The Morgan fingerprint density at radius 2 is 1.89 bits per heavy atom. The zero-order valence-electron chi connectivity index (χ0n) is 12.8. The Kier molecular flexibility index (Phi) is 4.71. The maximum atomic E-state index is 3.69. The van der Waals surface area contributed by atoms with Crippen LogP contribution in [-0.4, -0.2) is 36.6 Å². The smallest absolute Gasteiger partial charge is 0.0198 e. The van der Waals surface area contributed by atoms with Gasteiger partial charge in [0.25, 0.3) is 0 Å². The zero-order chi connectivity index (χ0) is 13.2. The van der Waals surface area contributed by atoms with Gasteiger partial charge in [-0.1, -0.05) is 27.7 Å². The highest BCUT2D eigenvalue weighted by Gasteiger charge is 2.32. The molecule has 0 bridgehead atoms. The van der Waals surface area contributed by atoms with Crippen molar-refractivity contribution in [3.05, 3.63) is 0 Å². The Bertz CT molecular complexity index is 250. The largest absolute Gasteiger partial charge is 0.311 e. The van der Waals surface area contributed by atoms with Gasteiger partial charge in [-0.25, -0.2) is 0 Å². The maximum Gasteiger partial charge on any atom is 0.0198 e. The van der Waals surface area contributed by atoms with Crippen molar-refractivity contribution in [3.63, 3.8) is 0 Å². The first-order valence-electron chi connectivity index (χ1n) is 7.94. The molecule has 0 aromatic heterocycles. The van der Waals surface area contributed by atoms with Gasteiger partial charge in [0, 0.05) is 31.7 Å². The van der Waals surface area contributed by atoms with Crippen LogP contribution in [0.5, 0.6) is 0 Å². The lowest BCUT2D eigenvalue weighted by Gasteiger charge is -2.44. The summed E-state index contributed by atoms with van der Waals surface area (Å²) in [5.74, 6) is 0.813. The van der Waals surface area contributed by atoms with E-state index in [1.54, 1.807) is 0 Å². The Labute approximate surface area is 114 Å². The molecule has 0 aromatic rings. The molecule has 1 aliphatic carbocycles. The summed E-state index contributed by atoms with van der Waals surface area (Å²) < 4.78 is 0. The fraction of sp³-hybridized carbons (Fsp3) is 1.00. The highest BCUT2D eigenvalue weighted by atomic mass is 15.2. The van der Waals surface area contributed by atoms with Crippen molar-refractivity contribution >= 4 is 0 Å². The van der Waals surface area contributed by atoms with Crippen LogP contribution in [0, 0.1) is 11.3 Å². The minimum Gasteiger partial charge on any atom is -0.311 e. The molecule has 0 spiro atoms. The summed E-state index contributed by atoms with van der Waals surface area (Å²) in [5.41, 5.74) is 0.599. The molecular weight excluding hydrogens is 220 g/mol. The lowest BCUT2D eigenvalue weighted by atomic mass is 9.75. The molecule has 18 heavy (non-hydrogen) atoms. The Morgan fingerprint density at radius 3 is 2.50 bits per heavy atom. The molecule has 2 fully saturated rings. The minimum atomic E-state index is 0.599. The number of nitrogens with one attached hydrogen (secondary N) is 1. The van der Waals surface area contributed by atoms with Crippen LogP contribution in [0.2, 0.25) is 0 Å². The molecule has 1 aliphatic heterocycles. The predicted molar refractivity (Wildman–Crippen MR) is 78.9 cm³/mol. The monoisotopic (exact) mass is 252 g/mol. The van der Waals surface area contributed by atoms with Crippen LogP contribution < -0.4 is 5.32 Å². The van der Waals surface area contributed by atoms with E-state index in [0.29, 0.717) is 5.41 Å². The second-order valence-electron chi connectivity index (χ2n) is 7.67. The van der Waals surface area contributed by atoms with Crippen LogP contribution in [0.1, 0.15) is 59.8 Å². The molecule has 0 radical (unpaired) electrons. The average molecular weight is 252 g/mol. The van der Waals surface area contributed by atoms with Crippen molar-refractivity contribution in [2.24, 2.45) is 11.3 Å². The van der Waals surface area contributed by atoms with E-state index in [4.69, 9.17) is 0 Å². The summed E-state index contributed by atoms with van der Waals surface area (Å²) >= 11 is 0. The third kappa shape index (κ3) is 3.96. The van der Waals surface area contributed by atoms with E-state index in [1.807, 2.05) is 0 Å². The van der Waals surface area contributed by atoms with Crippen LogP contribution in [0.3, 0.4) is 0 Å². The van der Waals surface area contributed by atoms with Gasteiger partial charge in [-0.3, -0.25) is 4.90 Å². The van der Waals surface area contributed by atoms with Crippen LogP contribution in [0.15, 0.2) is 0 Å². The molecule has 1 N–H and O–H groups in total. The molecule has 2 rings (SSSR count). The first-order valence-corrected chi connectivity index (χ1v) is 7.94. The van der Waals surface area contributed by atoms with Gasteiger partial charge in [-0.15, -0.1) is 0 Å². The molecular formula is C16H32N2. The molecule has 2 nitrogen and oxygen atoms in total. The molecule has 1 unspecified atom stereocenters. The van der Waals surface area contributed by atoms with Gasteiger partial charge < -0.3 is 5.32 Å². The number of rotatable bonds is 3. The standard InChI is InChI=1S/C16H32N2/c1-13(2)11-14-12-18(10-9-17-14)15-5-7-16(3,4)8-6-15/h13-15,17H,5-12H2,1-4H3. The fourth-order valence-corrected chi connectivity index (χ4v) is 3.66. The molecule has 0 amide bonds. The van der Waals surface area contributed by atoms with Crippen molar-refractivity contribution in [1.82, 2.24) is 10.2 Å². The van der Waals surface area contributed by atoms with E-state index in [0.717, 1.165) is 18.0 Å². The van der Waals surface area contributed by atoms with E-state index in [1.165, 1.54) is 51.7 Å². The predicted octanol–water partition coefficient (Wildman–Crippen LogP) is 3.28. The van der Waals surface area contributed by atoms with Gasteiger partial charge in [0.1, 0.15) is 0 Å². The number of hydrogen-bond donors (Lipinski definition) is 1. The average Bonchev–Trinajstić information content (AvgIpc) is 2.28. The molecule has 106 valence electrons. The molecule has 2 aliphatic rings. The van der Waals surface area contributed by atoms with Crippen molar-refractivity contribution in [3.8, 4) is 0 Å². The lowest BCUT2D eigenvalue weighted by molar-refractivity contribution is 0.0778. The quantitative estimate of drug-likeness (QED) is 0.829. The summed E-state index contributed by atoms with van der Waals surface area (Å²) in [6.45, 7) is 13.3. The number of piperazine rings is 1. The van der Waals surface area contributed by atoms with Crippen molar-refractivity contribution in [2.45, 2.75) is 71.9 Å². The highest BCUT2D eigenvalue weighted by molar-refractivity contribution is 4.88. The lowest BCUT2D eigenvalue weighted by Crippen LogP contribution is -2.55. The van der Waals surface area contributed by atoms with Gasteiger partial charge >= 0.3 is 0 Å². The first-order chi connectivity index (χ1) is 8.46. The number of nitrogens with zero attached hydrogens (tertiary/aromatic N) is 1. The van der Waals surface area contributed by atoms with E-state index >= 15 is 0 Å². The minimum absolute atomic E-state index is 0.599. The van der Waals surface area contributed by atoms with Crippen LogP contribution in [-0.2, 0) is 0 Å². The fourth-order valence-electron chi connectivity index (χ4n) is 3.66. The van der Waals surface area contributed by atoms with E-state index < -0.39 is 0 Å². The van der Waals surface area contributed by atoms with Crippen molar-refractivity contribution < 1.29 is 0 Å². The normalized spacial score (nSPS) is 30.8. The van der Waals surface area contributed by atoms with Gasteiger partial charge in [-0.2, -0.15) is 0 Å². The molecule has 1 atom stereocenters. The Balaban J connectivity index is 1.82. The maximum absolute atomic E-state index is 3.69. The molecule has 2 heteroatoms.